The van der Waals surface area contributed by atoms with Gasteiger partial charge in [0.05, 0.1) is 6.54 Å². The molecule has 1 fully saturated rings. The summed E-state index contributed by atoms with van der Waals surface area (Å²) in [5, 5.41) is 6.11. The van der Waals surface area contributed by atoms with Crippen LogP contribution in [-0.4, -0.2) is 36.3 Å². The maximum atomic E-state index is 12.7. The third kappa shape index (κ3) is 5.45. The Bertz CT molecular complexity index is 879. The van der Waals surface area contributed by atoms with E-state index in [9.17, 15) is 9.59 Å². The van der Waals surface area contributed by atoms with Crippen LogP contribution in [0, 0.1) is 33.6 Å². The van der Waals surface area contributed by atoms with Crippen molar-refractivity contribution in [2.24, 2.45) is 5.92 Å². The van der Waals surface area contributed by atoms with E-state index in [2.05, 4.69) is 21.6 Å². The first kappa shape index (κ1) is 21.1. The number of carbonyl (C=O) groups is 2. The van der Waals surface area contributed by atoms with Crippen molar-refractivity contribution in [3.8, 4) is 0 Å². The molecule has 0 aliphatic carbocycles. The van der Waals surface area contributed by atoms with Crippen LogP contribution in [0.15, 0.2) is 36.4 Å². The Labute approximate surface area is 173 Å². The maximum Gasteiger partial charge on any atom is 0.238 e. The van der Waals surface area contributed by atoms with E-state index in [-0.39, 0.29) is 17.7 Å². The molecular formula is C24H31N3O2. The number of benzene rings is 2. The first-order valence-corrected chi connectivity index (χ1v) is 10.3. The van der Waals surface area contributed by atoms with Gasteiger partial charge in [-0.15, -0.1) is 0 Å². The summed E-state index contributed by atoms with van der Waals surface area (Å²) in [6.45, 7) is 9.94. The van der Waals surface area contributed by atoms with Crippen LogP contribution in [0.2, 0.25) is 0 Å². The molecule has 154 valence electrons. The first-order chi connectivity index (χ1) is 13.8. The molecule has 2 aromatic rings. The second-order valence-electron chi connectivity index (χ2n) is 8.17. The van der Waals surface area contributed by atoms with Crippen molar-refractivity contribution < 1.29 is 9.59 Å². The highest BCUT2D eigenvalue weighted by Gasteiger charge is 2.26. The van der Waals surface area contributed by atoms with Crippen molar-refractivity contribution in [3.63, 3.8) is 0 Å². The van der Waals surface area contributed by atoms with E-state index in [4.69, 9.17) is 0 Å². The summed E-state index contributed by atoms with van der Waals surface area (Å²) in [6.07, 6.45) is 1.54. The molecule has 1 heterocycles. The summed E-state index contributed by atoms with van der Waals surface area (Å²) in [4.78, 5) is 27.2. The second-order valence-corrected chi connectivity index (χ2v) is 8.17. The van der Waals surface area contributed by atoms with Crippen LogP contribution in [0.3, 0.4) is 0 Å². The largest absolute Gasteiger partial charge is 0.325 e. The molecule has 5 nitrogen and oxygen atoms in total. The van der Waals surface area contributed by atoms with Crippen LogP contribution in [0.5, 0.6) is 0 Å². The van der Waals surface area contributed by atoms with Gasteiger partial charge in [0.25, 0.3) is 0 Å². The number of aryl methyl sites for hydroxylation is 4. The number of nitrogens with one attached hydrogen (secondary N) is 2. The number of nitrogens with zero attached hydrogens (tertiary/aromatic N) is 1. The molecule has 0 atom stereocenters. The first-order valence-electron chi connectivity index (χ1n) is 10.3. The summed E-state index contributed by atoms with van der Waals surface area (Å²) in [6, 6.07) is 12.0. The normalized spacial score (nSPS) is 15.2. The molecule has 5 heteroatoms. The fourth-order valence-electron chi connectivity index (χ4n) is 3.94. The monoisotopic (exact) mass is 393 g/mol. The molecule has 1 aliphatic rings. The predicted octanol–water partition coefficient (Wildman–Crippen LogP) is 4.21. The molecule has 29 heavy (non-hydrogen) atoms. The smallest absolute Gasteiger partial charge is 0.238 e. The van der Waals surface area contributed by atoms with Crippen molar-refractivity contribution in [1.82, 2.24) is 4.90 Å². The van der Waals surface area contributed by atoms with Crippen molar-refractivity contribution >= 4 is 23.2 Å². The minimum absolute atomic E-state index is 0.00427. The number of amides is 2. The standard InChI is InChI=1S/C24H31N3O2/c1-16-8-9-21(19(4)14-16)25-22(28)15-27-12-10-20(11-13-27)24(29)26-23-17(2)6-5-7-18(23)3/h5-9,14,20H,10-13,15H2,1-4H3,(H,25,28)(H,26,29). The molecule has 0 spiro atoms. The van der Waals surface area contributed by atoms with Crippen molar-refractivity contribution in [3.05, 3.63) is 58.7 Å². The van der Waals surface area contributed by atoms with Gasteiger partial charge in [-0.1, -0.05) is 35.9 Å². The quantitative estimate of drug-likeness (QED) is 0.800. The van der Waals surface area contributed by atoms with Crippen molar-refractivity contribution in [2.75, 3.05) is 30.3 Å². The van der Waals surface area contributed by atoms with Gasteiger partial charge < -0.3 is 10.6 Å². The molecule has 2 aromatic carbocycles. The summed E-state index contributed by atoms with van der Waals surface area (Å²) < 4.78 is 0. The van der Waals surface area contributed by atoms with E-state index in [1.807, 2.05) is 58.0 Å². The molecule has 1 aliphatic heterocycles. The van der Waals surface area contributed by atoms with Gasteiger partial charge in [-0.05, 0) is 76.4 Å². The molecule has 2 amide bonds. The highest BCUT2D eigenvalue weighted by Crippen LogP contribution is 2.24. The molecule has 3 rings (SSSR count). The number of para-hydroxylation sites is 1. The topological polar surface area (TPSA) is 61.4 Å². The van der Waals surface area contributed by atoms with E-state index in [1.54, 1.807) is 0 Å². The molecule has 0 aromatic heterocycles. The van der Waals surface area contributed by atoms with Gasteiger partial charge in [-0.25, -0.2) is 0 Å². The maximum absolute atomic E-state index is 12.7. The SMILES string of the molecule is Cc1ccc(NC(=O)CN2CCC(C(=O)Nc3c(C)cccc3C)CC2)c(C)c1. The van der Waals surface area contributed by atoms with Crippen LogP contribution in [-0.2, 0) is 9.59 Å². The van der Waals surface area contributed by atoms with Gasteiger partial charge in [0.15, 0.2) is 0 Å². The number of rotatable bonds is 5. The van der Waals surface area contributed by atoms with E-state index >= 15 is 0 Å². The Morgan fingerprint density at radius 3 is 2.21 bits per heavy atom. The highest BCUT2D eigenvalue weighted by molar-refractivity contribution is 5.94. The van der Waals surface area contributed by atoms with Gasteiger partial charge in [0.1, 0.15) is 0 Å². The zero-order chi connectivity index (χ0) is 21.0. The van der Waals surface area contributed by atoms with Gasteiger partial charge >= 0.3 is 0 Å². The Kier molecular flexibility index (Phi) is 6.70. The minimum atomic E-state index is -0.00680. The molecule has 0 radical (unpaired) electrons. The fraction of sp³-hybridized carbons (Fsp3) is 0.417. The highest BCUT2D eigenvalue weighted by atomic mass is 16.2. The third-order valence-corrected chi connectivity index (χ3v) is 5.71. The number of likely N-dealkylation sites (tertiary alicyclic amines) is 1. The van der Waals surface area contributed by atoms with Crippen molar-refractivity contribution in [2.45, 2.75) is 40.5 Å². The average Bonchev–Trinajstić information content (AvgIpc) is 2.67. The fourth-order valence-corrected chi connectivity index (χ4v) is 3.94. The van der Waals surface area contributed by atoms with Crippen molar-refractivity contribution in [1.29, 1.82) is 0 Å². The van der Waals surface area contributed by atoms with Crippen LogP contribution >= 0.6 is 0 Å². The zero-order valence-corrected chi connectivity index (χ0v) is 17.8. The Balaban J connectivity index is 1.48. The lowest BCUT2D eigenvalue weighted by Crippen LogP contribution is -2.41. The number of piperidine rings is 1. The molecule has 0 saturated carbocycles. The van der Waals surface area contributed by atoms with Crippen LogP contribution in [0.1, 0.15) is 35.1 Å². The Morgan fingerprint density at radius 1 is 0.931 bits per heavy atom. The van der Waals surface area contributed by atoms with E-state index < -0.39 is 0 Å². The van der Waals surface area contributed by atoms with Crippen LogP contribution in [0.25, 0.3) is 0 Å². The van der Waals surface area contributed by atoms with Gasteiger partial charge in [-0.2, -0.15) is 0 Å². The van der Waals surface area contributed by atoms with Gasteiger partial charge in [-0.3, -0.25) is 14.5 Å². The van der Waals surface area contributed by atoms with E-state index in [1.165, 1.54) is 5.56 Å². The van der Waals surface area contributed by atoms with E-state index in [0.717, 1.165) is 54.0 Å². The minimum Gasteiger partial charge on any atom is -0.325 e. The summed E-state index contributed by atoms with van der Waals surface area (Å²) in [5.41, 5.74) is 6.20. The summed E-state index contributed by atoms with van der Waals surface area (Å²) in [7, 11) is 0. The second kappa shape index (κ2) is 9.23. The average molecular weight is 394 g/mol. The van der Waals surface area contributed by atoms with Crippen LogP contribution in [0.4, 0.5) is 11.4 Å². The Morgan fingerprint density at radius 2 is 1.59 bits per heavy atom. The molecule has 0 bridgehead atoms. The summed E-state index contributed by atoms with van der Waals surface area (Å²) in [5.74, 6) is 0.0739. The van der Waals surface area contributed by atoms with Crippen LogP contribution < -0.4 is 10.6 Å². The number of anilines is 2. The Hall–Kier alpha value is -2.66. The molecule has 2 N–H and O–H groups in total. The molecule has 1 saturated heterocycles. The molecule has 0 unspecified atom stereocenters. The predicted molar refractivity (Wildman–Crippen MR) is 118 cm³/mol. The molecular weight excluding hydrogens is 362 g/mol. The lowest BCUT2D eigenvalue weighted by molar-refractivity contribution is -0.121. The lowest BCUT2D eigenvalue weighted by atomic mass is 9.95. The van der Waals surface area contributed by atoms with Gasteiger partial charge in [0, 0.05) is 17.3 Å². The van der Waals surface area contributed by atoms with E-state index in [0.29, 0.717) is 6.54 Å². The number of hydrogen-bond donors (Lipinski definition) is 2. The zero-order valence-electron chi connectivity index (χ0n) is 17.8. The lowest BCUT2D eigenvalue weighted by Gasteiger charge is -2.31. The number of carbonyl (C=O) groups excluding carboxylic acids is 2. The summed E-state index contributed by atoms with van der Waals surface area (Å²) >= 11 is 0. The third-order valence-electron chi connectivity index (χ3n) is 5.71. The van der Waals surface area contributed by atoms with Gasteiger partial charge in [0.2, 0.25) is 11.8 Å². The number of hydrogen-bond acceptors (Lipinski definition) is 3.